The molecule has 4 rings (SSSR count). The van der Waals surface area contributed by atoms with Gasteiger partial charge in [0.25, 0.3) is 0 Å². The van der Waals surface area contributed by atoms with Gasteiger partial charge in [-0.3, -0.25) is 19.2 Å². The highest BCUT2D eigenvalue weighted by Gasteiger charge is 2.42. The monoisotopic (exact) mass is 1180 g/mol. The van der Waals surface area contributed by atoms with Crippen molar-refractivity contribution in [3.8, 4) is 23.0 Å². The summed E-state index contributed by atoms with van der Waals surface area (Å²) >= 11 is 0. The number of hydrogen-bond acceptors (Lipinski definition) is 12. The van der Waals surface area contributed by atoms with Crippen molar-refractivity contribution in [1.29, 1.82) is 0 Å². The quantitative estimate of drug-likeness (QED) is 0.0485. The summed E-state index contributed by atoms with van der Waals surface area (Å²) in [5.41, 5.74) is 1.11. The first-order valence-corrected chi connectivity index (χ1v) is 30.4. The van der Waals surface area contributed by atoms with Crippen molar-refractivity contribution in [1.82, 2.24) is 0 Å². The second-order valence-electron chi connectivity index (χ2n) is 32.7. The Hall–Kier alpha value is -6.04. The Balaban J connectivity index is 1.88. The molecule has 12 nitrogen and oxygen atoms in total. The van der Waals surface area contributed by atoms with Crippen LogP contribution in [0.5, 0.6) is 23.0 Å². The fraction of sp³-hybridized carbons (Fsp3) is 0.616. The zero-order valence-corrected chi connectivity index (χ0v) is 56.4. The van der Waals surface area contributed by atoms with Crippen molar-refractivity contribution < 1.29 is 58.6 Å². The van der Waals surface area contributed by atoms with E-state index >= 15 is 0 Å². The lowest BCUT2D eigenvalue weighted by Gasteiger charge is -2.35. The Morgan fingerprint density at radius 3 is 0.612 bits per heavy atom. The van der Waals surface area contributed by atoms with Crippen molar-refractivity contribution in [2.45, 2.75) is 237 Å². The summed E-state index contributed by atoms with van der Waals surface area (Å²) in [4.78, 5) is 58.6. The lowest BCUT2D eigenvalue weighted by atomic mass is 9.73. The Labute approximate surface area is 511 Å². The van der Waals surface area contributed by atoms with Crippen LogP contribution in [-0.2, 0) is 59.8 Å². The second kappa shape index (κ2) is 26.5. The molecule has 0 spiro atoms. The molecular weight excluding hydrogens is 1070 g/mol. The van der Waals surface area contributed by atoms with Gasteiger partial charge in [0.1, 0.15) is 54.8 Å². The largest absolute Gasteiger partial charge is 0.508 e. The molecule has 0 bridgehead atoms. The molecule has 0 saturated heterocycles. The van der Waals surface area contributed by atoms with Crippen LogP contribution >= 0.6 is 0 Å². The molecule has 4 atom stereocenters. The van der Waals surface area contributed by atoms with Gasteiger partial charge in [0, 0.05) is 0 Å². The van der Waals surface area contributed by atoms with Crippen molar-refractivity contribution >= 4 is 23.9 Å². The van der Waals surface area contributed by atoms with Gasteiger partial charge < -0.3 is 39.4 Å². The molecule has 0 aliphatic rings. The zero-order valence-electron chi connectivity index (χ0n) is 56.4. The first-order valence-electron chi connectivity index (χ1n) is 30.4. The van der Waals surface area contributed by atoms with Gasteiger partial charge in [-0.05, 0) is 136 Å². The molecule has 0 aliphatic heterocycles. The van der Waals surface area contributed by atoms with Gasteiger partial charge in [-0.15, -0.1) is 0 Å². The summed E-state index contributed by atoms with van der Waals surface area (Å²) in [5, 5.41) is 43.8. The highest BCUT2D eigenvalue weighted by atomic mass is 16.6. The van der Waals surface area contributed by atoms with Crippen LogP contribution in [-0.4, -0.2) is 70.7 Å². The highest BCUT2D eigenvalue weighted by Crippen LogP contribution is 2.46. The molecule has 4 N–H and O–H groups in total. The maximum absolute atomic E-state index is 14.6. The second-order valence-corrected chi connectivity index (χ2v) is 32.7. The Morgan fingerprint density at radius 1 is 0.306 bits per heavy atom. The van der Waals surface area contributed by atoms with Gasteiger partial charge in [0.05, 0.1) is 25.7 Å². The van der Waals surface area contributed by atoms with Crippen molar-refractivity contribution in [2.75, 3.05) is 26.4 Å². The van der Waals surface area contributed by atoms with Crippen LogP contribution in [0.1, 0.15) is 260 Å². The first kappa shape index (κ1) is 71.4. The summed E-state index contributed by atoms with van der Waals surface area (Å²) in [7, 11) is 0. The van der Waals surface area contributed by atoms with E-state index in [9.17, 15) is 39.6 Å². The van der Waals surface area contributed by atoms with Gasteiger partial charge in [-0.2, -0.15) is 0 Å². The van der Waals surface area contributed by atoms with Crippen molar-refractivity contribution in [2.24, 2.45) is 27.1 Å². The number of carbonyl (C=O) groups excluding carboxylic acids is 4. The molecule has 0 saturated carbocycles. The number of aromatic hydroxyl groups is 4. The minimum atomic E-state index is -1.65. The van der Waals surface area contributed by atoms with E-state index in [1.807, 2.05) is 215 Å². The smallest absolute Gasteiger partial charge is 0.306 e. The predicted molar refractivity (Wildman–Crippen MR) is 341 cm³/mol. The summed E-state index contributed by atoms with van der Waals surface area (Å²) in [6.45, 7) is 46.6. The number of hydrogen-bond donors (Lipinski definition) is 4. The topological polar surface area (TPSA) is 186 Å². The number of phenols is 4. The van der Waals surface area contributed by atoms with E-state index < -0.39 is 123 Å². The summed E-state index contributed by atoms with van der Waals surface area (Å²) in [5.74, 6) is -3.35. The van der Waals surface area contributed by atoms with E-state index in [0.717, 1.165) is 44.5 Å². The molecule has 472 valence electrons. The van der Waals surface area contributed by atoms with E-state index in [2.05, 4.69) is 0 Å². The van der Waals surface area contributed by atoms with Crippen molar-refractivity contribution in [3.63, 3.8) is 0 Å². The molecule has 0 amide bonds. The molecular formula is C73H108O12. The first-order chi connectivity index (χ1) is 38.4. The Bertz CT molecular complexity index is 2560. The summed E-state index contributed by atoms with van der Waals surface area (Å²) in [6, 6.07) is 21.7. The van der Waals surface area contributed by atoms with Gasteiger partial charge in [-0.25, -0.2) is 0 Å². The lowest BCUT2D eigenvalue weighted by molar-refractivity contribution is -0.172. The average molecular weight is 1180 g/mol. The summed E-state index contributed by atoms with van der Waals surface area (Å²) in [6.07, 6.45) is -0.347. The minimum Gasteiger partial charge on any atom is -0.508 e. The Kier molecular flexibility index (Phi) is 22.3. The molecule has 0 aromatic heterocycles. The average Bonchev–Trinajstić information content (AvgIpc) is 3.56. The molecule has 0 radical (unpaired) electrons. The summed E-state index contributed by atoms with van der Waals surface area (Å²) < 4.78 is 25.3. The van der Waals surface area contributed by atoms with Crippen LogP contribution in [0, 0.1) is 27.1 Å². The molecule has 4 aromatic rings. The predicted octanol–water partition coefficient (Wildman–Crippen LogP) is 17.0. The third-order valence-electron chi connectivity index (χ3n) is 16.7. The van der Waals surface area contributed by atoms with Crippen molar-refractivity contribution in [3.05, 3.63) is 117 Å². The fourth-order valence-corrected chi connectivity index (χ4v) is 11.3. The fourth-order valence-electron chi connectivity index (χ4n) is 11.3. The Morgan fingerprint density at radius 2 is 0.471 bits per heavy atom. The third kappa shape index (κ3) is 20.0. The highest BCUT2D eigenvalue weighted by molar-refractivity contribution is 5.73. The van der Waals surface area contributed by atoms with Gasteiger partial charge in [-0.1, -0.05) is 215 Å². The molecule has 4 aromatic carbocycles. The molecule has 12 heteroatoms. The third-order valence-corrected chi connectivity index (χ3v) is 16.7. The number of esters is 4. The van der Waals surface area contributed by atoms with Gasteiger partial charge >= 0.3 is 23.9 Å². The van der Waals surface area contributed by atoms with Crippen LogP contribution in [0.15, 0.2) is 72.8 Å². The van der Waals surface area contributed by atoms with Crippen LogP contribution < -0.4 is 0 Å². The van der Waals surface area contributed by atoms with Crippen LogP contribution in [0.25, 0.3) is 0 Å². The molecule has 0 heterocycles. The van der Waals surface area contributed by atoms with Crippen LogP contribution in [0.2, 0.25) is 0 Å². The number of ether oxygens (including phenoxy) is 4. The van der Waals surface area contributed by atoms with E-state index in [1.165, 1.54) is 0 Å². The normalized spacial score (nSPS) is 15.2. The van der Waals surface area contributed by atoms with Crippen LogP contribution in [0.4, 0.5) is 0 Å². The number of carbonyl (C=O) groups is 4. The van der Waals surface area contributed by atoms with Gasteiger partial charge in [0.2, 0.25) is 0 Å². The minimum absolute atomic E-state index is 0.0867. The maximum Gasteiger partial charge on any atom is 0.306 e. The standard InChI is InChI=1S/C73H108O12/c1-65(2,3)49(45-25-29-57(74)53(33-45)69(13,14)15)37-61(78)82-41-73(42-83-62(79)38-50(66(4,5)6)46-26-30-58(75)54(34-46)70(16,17)18,43-84-63(80)39-51(67(7,8)9)47-27-31-59(76)55(35-47)71(19,20)21)44-85-64(81)40-52(68(10,11)12)48-28-32-60(77)56(36-48)72(22,23)24/h25-36,49-52,74-77H,37-44H2,1-24H3. The SMILES string of the molecule is CC(C)(C)c1cc(C(CC(=O)OCC(COC(=O)CC(c2ccc(O)c(C(C)(C)C)c2)C(C)(C)C)(COC(=O)CC(c2ccc(O)c(C(C)(C)C)c2)C(C)(C)C)COC(=O)CC(c2ccc(O)c(C(C)(C)C)c2)C(C)(C)C)C(C)(C)C)ccc1O. The molecule has 0 fully saturated rings. The molecule has 4 unspecified atom stereocenters. The molecule has 0 aliphatic carbocycles. The lowest BCUT2D eigenvalue weighted by Crippen LogP contribution is -2.44. The zero-order chi connectivity index (χ0) is 65.0. The van der Waals surface area contributed by atoms with Gasteiger partial charge in [0.15, 0.2) is 0 Å². The van der Waals surface area contributed by atoms with E-state index in [1.54, 1.807) is 24.3 Å². The van der Waals surface area contributed by atoms with E-state index in [-0.39, 0.29) is 48.7 Å². The number of rotatable bonds is 20. The molecule has 85 heavy (non-hydrogen) atoms. The maximum atomic E-state index is 14.6. The van der Waals surface area contributed by atoms with Crippen LogP contribution in [0.3, 0.4) is 0 Å². The number of benzene rings is 4. The van der Waals surface area contributed by atoms with E-state index in [4.69, 9.17) is 18.9 Å². The number of phenolic OH excluding ortho intramolecular Hbond substituents is 4. The van der Waals surface area contributed by atoms with E-state index in [0.29, 0.717) is 0 Å².